The minimum absolute atomic E-state index is 0.0123. The standard InChI is InChI=1S/C14H10F4N6OS/c1-24-11(12(25)22-8-2-10(19)20-4-7(8)15)6(3-21-24)13-23-9(5-26-13)14(16,17)18/h2-5H,1H3,(H3,19,20,22,25). The van der Waals surface area contributed by atoms with Crippen LogP contribution in [0.3, 0.4) is 0 Å². The molecule has 12 heteroatoms. The minimum atomic E-state index is -4.60. The van der Waals surface area contributed by atoms with Crippen LogP contribution in [0.1, 0.15) is 16.2 Å². The van der Waals surface area contributed by atoms with Gasteiger partial charge in [-0.3, -0.25) is 9.48 Å². The molecule has 0 bridgehead atoms. The fraction of sp³-hybridized carbons (Fsp3) is 0.143. The summed E-state index contributed by atoms with van der Waals surface area (Å²) >= 11 is 0.718. The van der Waals surface area contributed by atoms with Crippen LogP contribution in [0.15, 0.2) is 23.8 Å². The maximum atomic E-state index is 13.7. The Kier molecular flexibility index (Phi) is 4.36. The molecule has 0 saturated carbocycles. The molecule has 0 fully saturated rings. The molecule has 3 aromatic rings. The van der Waals surface area contributed by atoms with Gasteiger partial charge >= 0.3 is 6.18 Å². The largest absolute Gasteiger partial charge is 0.434 e. The van der Waals surface area contributed by atoms with Crippen molar-refractivity contribution in [3.8, 4) is 10.6 Å². The average molecular weight is 386 g/mol. The Balaban J connectivity index is 1.96. The number of nitrogens with two attached hydrogens (primary N) is 1. The van der Waals surface area contributed by atoms with Crippen LogP contribution in [-0.4, -0.2) is 25.7 Å². The third-order valence-corrected chi connectivity index (χ3v) is 4.18. The molecule has 0 saturated heterocycles. The lowest BCUT2D eigenvalue weighted by molar-refractivity contribution is -0.140. The zero-order valence-corrected chi connectivity index (χ0v) is 13.8. The first kappa shape index (κ1) is 17.8. The first-order valence-electron chi connectivity index (χ1n) is 6.94. The van der Waals surface area contributed by atoms with E-state index in [1.54, 1.807) is 0 Å². The lowest BCUT2D eigenvalue weighted by atomic mass is 10.2. The highest BCUT2D eigenvalue weighted by molar-refractivity contribution is 7.13. The van der Waals surface area contributed by atoms with E-state index in [0.717, 1.165) is 33.7 Å². The number of alkyl halides is 3. The summed E-state index contributed by atoms with van der Waals surface area (Å²) in [7, 11) is 1.42. The van der Waals surface area contributed by atoms with Crippen molar-refractivity contribution in [3.63, 3.8) is 0 Å². The molecular weight excluding hydrogens is 376 g/mol. The van der Waals surface area contributed by atoms with Gasteiger partial charge in [-0.2, -0.15) is 18.3 Å². The van der Waals surface area contributed by atoms with Gasteiger partial charge in [-0.1, -0.05) is 0 Å². The number of amides is 1. The smallest absolute Gasteiger partial charge is 0.384 e. The Labute approximate surface area is 147 Å². The van der Waals surface area contributed by atoms with Crippen molar-refractivity contribution < 1.29 is 22.4 Å². The molecule has 0 aromatic carbocycles. The normalized spacial score (nSPS) is 11.6. The Morgan fingerprint density at radius 3 is 2.73 bits per heavy atom. The second-order valence-electron chi connectivity index (χ2n) is 5.11. The third-order valence-electron chi connectivity index (χ3n) is 3.30. The highest BCUT2D eigenvalue weighted by atomic mass is 32.1. The molecule has 3 rings (SSSR count). The molecule has 0 aliphatic rings. The van der Waals surface area contributed by atoms with Crippen LogP contribution >= 0.6 is 11.3 Å². The van der Waals surface area contributed by atoms with Crippen molar-refractivity contribution in [1.29, 1.82) is 0 Å². The number of aryl methyl sites for hydroxylation is 1. The van der Waals surface area contributed by atoms with Gasteiger partial charge in [-0.25, -0.2) is 14.4 Å². The van der Waals surface area contributed by atoms with E-state index in [2.05, 4.69) is 20.4 Å². The first-order chi connectivity index (χ1) is 12.2. The number of nitrogen functional groups attached to an aromatic ring is 1. The summed E-state index contributed by atoms with van der Waals surface area (Å²) in [5.41, 5.74) is 4.18. The highest BCUT2D eigenvalue weighted by Gasteiger charge is 2.34. The number of anilines is 2. The van der Waals surface area contributed by atoms with Gasteiger partial charge in [0.25, 0.3) is 5.91 Å². The minimum Gasteiger partial charge on any atom is -0.384 e. The number of thiazole rings is 1. The summed E-state index contributed by atoms with van der Waals surface area (Å²) in [5.74, 6) is -1.61. The molecule has 3 aromatic heterocycles. The maximum Gasteiger partial charge on any atom is 0.434 e. The molecule has 3 heterocycles. The topological polar surface area (TPSA) is 98.7 Å². The van der Waals surface area contributed by atoms with Gasteiger partial charge in [0, 0.05) is 18.5 Å². The molecule has 1 amide bonds. The third kappa shape index (κ3) is 3.35. The van der Waals surface area contributed by atoms with E-state index < -0.39 is 23.6 Å². The fourth-order valence-corrected chi connectivity index (χ4v) is 2.96. The number of hydrogen-bond acceptors (Lipinski definition) is 6. The Hall–Kier alpha value is -3.02. The maximum absolute atomic E-state index is 13.7. The van der Waals surface area contributed by atoms with E-state index in [9.17, 15) is 22.4 Å². The summed E-state index contributed by atoms with van der Waals surface area (Å²) < 4.78 is 53.1. The van der Waals surface area contributed by atoms with Crippen LogP contribution < -0.4 is 11.1 Å². The predicted octanol–water partition coefficient (Wildman–Crippen LogP) is 2.93. The summed E-state index contributed by atoms with van der Waals surface area (Å²) in [4.78, 5) is 19.6. The van der Waals surface area contributed by atoms with Crippen LogP contribution in [0, 0.1) is 5.82 Å². The van der Waals surface area contributed by atoms with Crippen molar-refractivity contribution in [2.45, 2.75) is 6.18 Å². The number of aromatic nitrogens is 4. The van der Waals surface area contributed by atoms with Crippen molar-refractivity contribution in [3.05, 3.63) is 41.0 Å². The lowest BCUT2D eigenvalue weighted by Crippen LogP contribution is -2.18. The number of nitrogens with one attached hydrogen (secondary N) is 1. The number of carbonyl (C=O) groups is 1. The monoisotopic (exact) mass is 386 g/mol. The Morgan fingerprint density at radius 1 is 1.35 bits per heavy atom. The van der Waals surface area contributed by atoms with E-state index in [-0.39, 0.29) is 27.8 Å². The second kappa shape index (κ2) is 6.37. The molecular formula is C14H10F4N6OS. The summed E-state index contributed by atoms with van der Waals surface area (Å²) in [5, 5.41) is 6.98. The number of pyridine rings is 1. The van der Waals surface area contributed by atoms with Crippen molar-refractivity contribution in [1.82, 2.24) is 19.7 Å². The number of nitrogens with zero attached hydrogens (tertiary/aromatic N) is 4. The highest BCUT2D eigenvalue weighted by Crippen LogP contribution is 2.34. The predicted molar refractivity (Wildman–Crippen MR) is 85.9 cm³/mol. The van der Waals surface area contributed by atoms with E-state index in [0.29, 0.717) is 0 Å². The lowest BCUT2D eigenvalue weighted by Gasteiger charge is -2.08. The van der Waals surface area contributed by atoms with Gasteiger partial charge in [0.1, 0.15) is 16.5 Å². The summed E-state index contributed by atoms with van der Waals surface area (Å²) in [6, 6.07) is 1.12. The van der Waals surface area contributed by atoms with Crippen LogP contribution in [0.25, 0.3) is 10.6 Å². The number of carbonyl (C=O) groups excluding carboxylic acids is 1. The van der Waals surface area contributed by atoms with Gasteiger partial charge in [-0.05, 0) is 0 Å². The van der Waals surface area contributed by atoms with Crippen LogP contribution in [0.5, 0.6) is 0 Å². The molecule has 7 nitrogen and oxygen atoms in total. The molecule has 3 N–H and O–H groups in total. The van der Waals surface area contributed by atoms with Gasteiger partial charge in [-0.15, -0.1) is 11.3 Å². The SMILES string of the molecule is Cn1ncc(-c2nc(C(F)(F)F)cs2)c1C(=O)Nc1cc(N)ncc1F. The molecule has 0 aliphatic heterocycles. The quantitative estimate of drug-likeness (QED) is 0.675. The van der Waals surface area contributed by atoms with Gasteiger partial charge in [0.15, 0.2) is 11.5 Å². The Morgan fingerprint density at radius 2 is 2.08 bits per heavy atom. The first-order valence-corrected chi connectivity index (χ1v) is 7.82. The summed E-state index contributed by atoms with van der Waals surface area (Å²) in [6.07, 6.45) is -2.55. The van der Waals surface area contributed by atoms with E-state index in [4.69, 9.17) is 5.73 Å². The van der Waals surface area contributed by atoms with E-state index >= 15 is 0 Å². The molecule has 26 heavy (non-hydrogen) atoms. The zero-order valence-electron chi connectivity index (χ0n) is 13.0. The molecule has 0 aliphatic carbocycles. The second-order valence-corrected chi connectivity index (χ2v) is 5.97. The molecule has 0 radical (unpaired) electrons. The summed E-state index contributed by atoms with van der Waals surface area (Å²) in [6.45, 7) is 0. The van der Waals surface area contributed by atoms with Crippen LogP contribution in [-0.2, 0) is 13.2 Å². The van der Waals surface area contributed by atoms with Crippen LogP contribution in [0.2, 0.25) is 0 Å². The van der Waals surface area contributed by atoms with E-state index in [1.807, 2.05) is 0 Å². The van der Waals surface area contributed by atoms with Gasteiger partial charge in [0.2, 0.25) is 0 Å². The number of rotatable bonds is 3. The molecule has 136 valence electrons. The van der Waals surface area contributed by atoms with Crippen molar-refractivity contribution >= 4 is 28.7 Å². The number of halogens is 4. The molecule has 0 spiro atoms. The van der Waals surface area contributed by atoms with Crippen LogP contribution in [0.4, 0.5) is 29.1 Å². The number of hydrogen-bond donors (Lipinski definition) is 2. The molecule has 0 atom stereocenters. The average Bonchev–Trinajstić information content (AvgIpc) is 3.17. The van der Waals surface area contributed by atoms with Gasteiger partial charge < -0.3 is 11.1 Å². The van der Waals surface area contributed by atoms with Crippen molar-refractivity contribution in [2.75, 3.05) is 11.1 Å². The molecule has 0 unspecified atom stereocenters. The Bertz CT molecular complexity index is 980. The zero-order chi connectivity index (χ0) is 19.1. The fourth-order valence-electron chi connectivity index (χ4n) is 2.12. The van der Waals surface area contributed by atoms with E-state index in [1.165, 1.54) is 13.2 Å². The van der Waals surface area contributed by atoms with Crippen molar-refractivity contribution in [2.24, 2.45) is 7.05 Å². The van der Waals surface area contributed by atoms with Gasteiger partial charge in [0.05, 0.1) is 23.6 Å².